The highest BCUT2D eigenvalue weighted by molar-refractivity contribution is 7.90. The molecule has 5 nitrogen and oxygen atoms in total. The Morgan fingerprint density at radius 2 is 1.93 bits per heavy atom. The zero-order chi connectivity index (χ0) is 22.5. The number of nitrogens with one attached hydrogen (secondary N) is 1. The molecule has 0 saturated carbocycles. The van der Waals surface area contributed by atoms with Gasteiger partial charge < -0.3 is 9.29 Å². The number of fused-ring (bicyclic) bond motifs is 1. The van der Waals surface area contributed by atoms with Crippen LogP contribution in [-0.2, 0) is 27.3 Å². The predicted molar refractivity (Wildman–Crippen MR) is 126 cm³/mol. The maximum atomic E-state index is 12.8. The molecule has 1 aliphatic rings. The number of hydrogen-bond acceptors (Lipinski definition) is 6. The fraction of sp³-hybridized carbons (Fsp3) is 0.818. The van der Waals surface area contributed by atoms with E-state index in [1.54, 1.807) is 11.3 Å². The summed E-state index contributed by atoms with van der Waals surface area (Å²) in [5.74, 6) is 0.317. The van der Waals surface area contributed by atoms with Crippen LogP contribution in [0.2, 0.25) is 4.47 Å². The van der Waals surface area contributed by atoms with Crippen molar-refractivity contribution in [3.8, 4) is 0 Å². The van der Waals surface area contributed by atoms with Crippen LogP contribution in [0.15, 0.2) is 0 Å². The molecular weight excluding hydrogens is 440 g/mol. The van der Waals surface area contributed by atoms with Crippen LogP contribution >= 0.6 is 22.9 Å². The van der Waals surface area contributed by atoms with E-state index in [9.17, 15) is 9.35 Å². The summed E-state index contributed by atoms with van der Waals surface area (Å²) in [6.45, 7) is 11.6. The minimum absolute atomic E-state index is 0.0917. The zero-order valence-electron chi connectivity index (χ0n) is 19.2. The van der Waals surface area contributed by atoms with Crippen LogP contribution in [0.3, 0.4) is 0 Å². The number of halogens is 1. The van der Waals surface area contributed by atoms with Gasteiger partial charge in [0.2, 0.25) is 0 Å². The number of aromatic nitrogens is 1. The average molecular weight is 477 g/mol. The quantitative estimate of drug-likeness (QED) is 0.408. The summed E-state index contributed by atoms with van der Waals surface area (Å²) in [4.78, 5) is 18.0. The van der Waals surface area contributed by atoms with Crippen molar-refractivity contribution in [1.29, 1.82) is 0 Å². The Balaban J connectivity index is 2.09. The molecule has 0 saturated heterocycles. The molecule has 0 aliphatic heterocycles. The Kier molecular flexibility index (Phi) is 9.50. The normalized spacial score (nSPS) is 22.3. The Bertz CT molecular complexity index is 698. The first-order chi connectivity index (χ1) is 13.8. The van der Waals surface area contributed by atoms with Gasteiger partial charge in [0.1, 0.15) is 10.3 Å². The number of nitrogens with zero attached hydrogens (tertiary/aromatic N) is 1. The summed E-state index contributed by atoms with van der Waals surface area (Å²) >= 11 is 6.60. The molecule has 0 fully saturated rings. The second kappa shape index (κ2) is 11.0. The van der Waals surface area contributed by atoms with E-state index in [4.69, 9.17) is 16.3 Å². The lowest BCUT2D eigenvalue weighted by molar-refractivity contribution is -0.155. The highest BCUT2D eigenvalue weighted by Gasteiger charge is 2.33. The van der Waals surface area contributed by atoms with Gasteiger partial charge in [-0.1, -0.05) is 24.4 Å². The van der Waals surface area contributed by atoms with Crippen molar-refractivity contribution in [2.45, 2.75) is 109 Å². The highest BCUT2D eigenvalue weighted by Crippen LogP contribution is 2.35. The van der Waals surface area contributed by atoms with E-state index in [1.807, 2.05) is 41.5 Å². The van der Waals surface area contributed by atoms with Crippen LogP contribution in [0.5, 0.6) is 0 Å². The summed E-state index contributed by atoms with van der Waals surface area (Å²) < 4.78 is 21.8. The summed E-state index contributed by atoms with van der Waals surface area (Å²) in [5.41, 5.74) is 0.509. The van der Waals surface area contributed by atoms with Crippen LogP contribution < -0.4 is 4.72 Å². The Labute approximate surface area is 194 Å². The van der Waals surface area contributed by atoms with Gasteiger partial charge in [0.15, 0.2) is 4.47 Å². The number of ether oxygens (including phenoxy) is 1. The van der Waals surface area contributed by atoms with E-state index < -0.39 is 17.0 Å². The van der Waals surface area contributed by atoms with Crippen molar-refractivity contribution in [2.24, 2.45) is 5.92 Å². The van der Waals surface area contributed by atoms with Gasteiger partial charge in [0.05, 0.1) is 11.7 Å². The lowest BCUT2D eigenvalue weighted by atomic mass is 9.88. The Morgan fingerprint density at radius 1 is 1.23 bits per heavy atom. The lowest BCUT2D eigenvalue weighted by Gasteiger charge is -2.29. The highest BCUT2D eigenvalue weighted by atomic mass is 35.5. The lowest BCUT2D eigenvalue weighted by Crippen LogP contribution is -2.41. The number of esters is 1. The fourth-order valence-corrected chi connectivity index (χ4v) is 5.71. The molecule has 0 radical (unpaired) electrons. The van der Waals surface area contributed by atoms with Gasteiger partial charge in [-0.05, 0) is 79.6 Å². The molecule has 0 bridgehead atoms. The van der Waals surface area contributed by atoms with Crippen LogP contribution in [0.4, 0.5) is 0 Å². The van der Waals surface area contributed by atoms with Gasteiger partial charge in [0.25, 0.3) is 0 Å². The Morgan fingerprint density at radius 3 is 2.57 bits per heavy atom. The van der Waals surface area contributed by atoms with E-state index in [-0.39, 0.29) is 16.8 Å². The molecule has 1 heterocycles. The summed E-state index contributed by atoms with van der Waals surface area (Å²) in [6.07, 6.45) is 7.29. The molecule has 1 aromatic heterocycles. The number of rotatable bonds is 5. The van der Waals surface area contributed by atoms with Crippen LogP contribution in [-0.4, -0.2) is 25.9 Å². The first-order valence-corrected chi connectivity index (χ1v) is 13.2. The third kappa shape index (κ3) is 8.65. The van der Waals surface area contributed by atoms with Gasteiger partial charge in [-0.15, -0.1) is 16.1 Å². The third-order valence-corrected chi connectivity index (χ3v) is 7.99. The van der Waals surface area contributed by atoms with Crippen molar-refractivity contribution in [1.82, 2.24) is 9.71 Å². The third-order valence-electron chi connectivity index (χ3n) is 5.14. The maximum absolute atomic E-state index is 12.8. The van der Waals surface area contributed by atoms with Crippen LogP contribution in [0, 0.1) is 5.92 Å². The molecule has 0 spiro atoms. The second-order valence-corrected chi connectivity index (χ2v) is 13.8. The topological polar surface area (TPSA) is 74.3 Å². The van der Waals surface area contributed by atoms with Crippen molar-refractivity contribution in [2.75, 3.05) is 0 Å². The number of thiazole rings is 1. The monoisotopic (exact) mass is 476 g/mol. The molecule has 2 rings (SSSR count). The largest absolute Gasteiger partial charge is 0.598 e. The molecule has 30 heavy (non-hydrogen) atoms. The first-order valence-electron chi connectivity index (χ1n) is 10.9. The smallest absolute Gasteiger partial charge is 0.306 e. The van der Waals surface area contributed by atoms with Crippen LogP contribution in [0.25, 0.3) is 0 Å². The maximum Gasteiger partial charge on any atom is 0.306 e. The Hall–Kier alpha value is -0.340. The first kappa shape index (κ1) is 25.9. The summed E-state index contributed by atoms with van der Waals surface area (Å²) in [5, 5.41) is 0. The fourth-order valence-electron chi connectivity index (χ4n) is 3.61. The van der Waals surface area contributed by atoms with Gasteiger partial charge in [-0.2, -0.15) is 0 Å². The molecule has 1 N–H and O–H groups in total. The van der Waals surface area contributed by atoms with E-state index in [2.05, 4.69) is 9.71 Å². The predicted octanol–water partition coefficient (Wildman–Crippen LogP) is 6.13. The van der Waals surface area contributed by atoms with Gasteiger partial charge >= 0.3 is 5.97 Å². The van der Waals surface area contributed by atoms with E-state index in [0.29, 0.717) is 16.8 Å². The van der Waals surface area contributed by atoms with Gasteiger partial charge in [0, 0.05) is 22.7 Å². The minimum Gasteiger partial charge on any atom is -0.598 e. The van der Waals surface area contributed by atoms with E-state index in [0.717, 1.165) is 50.6 Å². The number of carbonyl (C=O) groups is 1. The van der Waals surface area contributed by atoms with Crippen molar-refractivity contribution in [3.63, 3.8) is 0 Å². The van der Waals surface area contributed by atoms with Gasteiger partial charge in [-0.3, -0.25) is 4.79 Å². The molecule has 172 valence electrons. The minimum atomic E-state index is -1.19. The standard InChI is InChI=1S/C22H37ClN2O3S2/c1-21(2,3)28-18(26)14-12-15-9-7-8-10-17-19(24-20(23)29-17)16(13-11-15)25-30(27)22(4,5)6/h15-16,25H,7-14H2,1-6H3/t15?,16-,30?/m0/s1. The molecule has 8 heteroatoms. The summed E-state index contributed by atoms with van der Waals surface area (Å²) in [6, 6.07) is -0.0917. The SMILES string of the molecule is CC(C)(C)OC(=O)CCC1CCCCc2sc(Cl)nc2[C@@H](N[S+]([O-])C(C)(C)C)CC1. The zero-order valence-corrected chi connectivity index (χ0v) is 21.6. The van der Waals surface area contributed by atoms with Crippen molar-refractivity contribution >= 4 is 40.3 Å². The molecule has 1 aromatic rings. The number of carbonyl (C=O) groups excluding carboxylic acids is 1. The summed E-state index contributed by atoms with van der Waals surface area (Å²) in [7, 11) is 0. The molecule has 0 amide bonds. The molecule has 2 unspecified atom stereocenters. The molecule has 1 aliphatic carbocycles. The second-order valence-electron chi connectivity index (χ2n) is 10.1. The molecular formula is C22H37ClN2O3S2. The van der Waals surface area contributed by atoms with E-state index >= 15 is 0 Å². The molecule has 0 aromatic carbocycles. The number of hydrogen-bond donors (Lipinski definition) is 1. The van der Waals surface area contributed by atoms with Gasteiger partial charge in [-0.25, -0.2) is 4.98 Å². The number of aryl methyl sites for hydroxylation is 1. The van der Waals surface area contributed by atoms with E-state index in [1.165, 1.54) is 4.88 Å². The van der Waals surface area contributed by atoms with Crippen LogP contribution in [0.1, 0.15) is 103 Å². The van der Waals surface area contributed by atoms with Crippen molar-refractivity contribution in [3.05, 3.63) is 15.0 Å². The molecule has 3 atom stereocenters. The average Bonchev–Trinajstić information content (AvgIpc) is 2.96. The van der Waals surface area contributed by atoms with Crippen molar-refractivity contribution < 1.29 is 14.1 Å².